The third-order valence-electron chi connectivity index (χ3n) is 5.73. The molecule has 0 saturated heterocycles. The number of hydrogen-bond donors (Lipinski definition) is 1. The van der Waals surface area contributed by atoms with Crippen LogP contribution in [-0.4, -0.2) is 50.1 Å². The molecule has 1 aliphatic heterocycles. The summed E-state index contributed by atoms with van der Waals surface area (Å²) in [5.74, 6) is -1.23. The Labute approximate surface area is 197 Å². The molecule has 4 rings (SSSR count). The molecule has 0 aromatic heterocycles. The van der Waals surface area contributed by atoms with E-state index in [0.717, 1.165) is 9.87 Å². The van der Waals surface area contributed by atoms with Gasteiger partial charge in [-0.3, -0.25) is 9.59 Å². The third kappa shape index (κ3) is 4.44. The number of carbonyl (C=O) groups excluding carboxylic acids is 2. The van der Waals surface area contributed by atoms with E-state index in [1.807, 2.05) is 19.1 Å². The molecule has 0 bridgehead atoms. The molecule has 34 heavy (non-hydrogen) atoms. The van der Waals surface area contributed by atoms with E-state index in [4.69, 9.17) is 0 Å². The monoisotopic (exact) mass is 481 g/mol. The summed E-state index contributed by atoms with van der Waals surface area (Å²) < 4.78 is 39.5. The number of nitrogens with one attached hydrogen (secondary N) is 1. The SMILES string of the molecule is Cc1ccc2c(c1)C(c1ccc(F)cc1)N(C(=O)c1ccc(S(=O)(=O)N(C)C)cc1)CC(=O)N2. The van der Waals surface area contributed by atoms with Crippen molar-refractivity contribution < 1.29 is 22.4 Å². The van der Waals surface area contributed by atoms with Gasteiger partial charge >= 0.3 is 0 Å². The molecule has 0 saturated carbocycles. The molecule has 3 aromatic rings. The Morgan fingerprint density at radius 2 is 1.68 bits per heavy atom. The van der Waals surface area contributed by atoms with Crippen LogP contribution < -0.4 is 5.32 Å². The van der Waals surface area contributed by atoms with Crippen LogP contribution in [0.3, 0.4) is 0 Å². The van der Waals surface area contributed by atoms with Gasteiger partial charge in [-0.15, -0.1) is 0 Å². The fourth-order valence-electron chi connectivity index (χ4n) is 3.97. The lowest BCUT2D eigenvalue weighted by Gasteiger charge is -2.31. The standard InChI is InChI=1S/C25H24FN3O4S/c1-16-4-13-22-21(14-16)24(17-5-9-19(26)10-6-17)29(15-23(30)27-22)25(31)18-7-11-20(12-8-18)34(32,33)28(2)3/h4-14,24H,15H2,1-3H3,(H,27,30). The second kappa shape index (κ2) is 9.00. The van der Waals surface area contributed by atoms with Crippen LogP contribution in [0.4, 0.5) is 10.1 Å². The Morgan fingerprint density at radius 1 is 1.03 bits per heavy atom. The third-order valence-corrected chi connectivity index (χ3v) is 7.56. The number of rotatable bonds is 4. The molecule has 7 nitrogen and oxygen atoms in total. The van der Waals surface area contributed by atoms with Gasteiger partial charge in [0.25, 0.3) is 5.91 Å². The van der Waals surface area contributed by atoms with Crippen LogP contribution in [0.1, 0.15) is 33.1 Å². The van der Waals surface area contributed by atoms with Crippen LogP contribution in [-0.2, 0) is 14.8 Å². The summed E-state index contributed by atoms with van der Waals surface area (Å²) in [6.07, 6.45) is 0. The van der Waals surface area contributed by atoms with E-state index in [1.54, 1.807) is 18.2 Å². The number of sulfonamides is 1. The van der Waals surface area contributed by atoms with Crippen molar-refractivity contribution in [2.45, 2.75) is 17.9 Å². The van der Waals surface area contributed by atoms with Crippen molar-refractivity contribution >= 4 is 27.5 Å². The highest BCUT2D eigenvalue weighted by Gasteiger charge is 2.34. The molecule has 1 unspecified atom stereocenters. The number of anilines is 1. The zero-order chi connectivity index (χ0) is 24.6. The van der Waals surface area contributed by atoms with Crippen LogP contribution in [0.25, 0.3) is 0 Å². The van der Waals surface area contributed by atoms with Crippen LogP contribution in [0.15, 0.2) is 71.6 Å². The number of fused-ring (bicyclic) bond motifs is 1. The number of hydrogen-bond acceptors (Lipinski definition) is 4. The van der Waals surface area contributed by atoms with Crippen molar-refractivity contribution in [2.75, 3.05) is 26.0 Å². The maximum Gasteiger partial charge on any atom is 0.255 e. The van der Waals surface area contributed by atoms with Crippen molar-refractivity contribution in [1.29, 1.82) is 0 Å². The van der Waals surface area contributed by atoms with Gasteiger partial charge in [-0.05, 0) is 55.0 Å². The van der Waals surface area contributed by atoms with E-state index in [-0.39, 0.29) is 22.9 Å². The Bertz CT molecular complexity index is 1350. The number of aryl methyl sites for hydroxylation is 1. The van der Waals surface area contributed by atoms with Gasteiger partial charge in [0, 0.05) is 30.9 Å². The van der Waals surface area contributed by atoms with Crippen LogP contribution in [0.2, 0.25) is 0 Å². The molecule has 1 aliphatic rings. The smallest absolute Gasteiger partial charge is 0.255 e. The summed E-state index contributed by atoms with van der Waals surface area (Å²) in [7, 11) is -0.798. The molecule has 1 N–H and O–H groups in total. The molecular formula is C25H24FN3O4S. The second-order valence-electron chi connectivity index (χ2n) is 8.34. The Morgan fingerprint density at radius 3 is 2.29 bits per heavy atom. The predicted octanol–water partition coefficient (Wildman–Crippen LogP) is 3.57. The summed E-state index contributed by atoms with van der Waals surface area (Å²) in [5, 5.41) is 2.85. The summed E-state index contributed by atoms with van der Waals surface area (Å²) in [6.45, 7) is 1.68. The van der Waals surface area contributed by atoms with E-state index in [9.17, 15) is 22.4 Å². The lowest BCUT2D eigenvalue weighted by molar-refractivity contribution is -0.117. The Kier molecular flexibility index (Phi) is 6.24. The highest BCUT2D eigenvalue weighted by atomic mass is 32.2. The minimum Gasteiger partial charge on any atom is -0.324 e. The topological polar surface area (TPSA) is 86.8 Å². The van der Waals surface area contributed by atoms with Gasteiger partial charge < -0.3 is 10.2 Å². The maximum absolute atomic E-state index is 13.7. The van der Waals surface area contributed by atoms with Crippen molar-refractivity contribution in [3.8, 4) is 0 Å². The summed E-state index contributed by atoms with van der Waals surface area (Å²) in [4.78, 5) is 27.8. The molecule has 176 valence electrons. The average Bonchev–Trinajstić information content (AvgIpc) is 2.95. The zero-order valence-electron chi connectivity index (χ0n) is 18.9. The average molecular weight is 482 g/mol. The predicted molar refractivity (Wildman–Crippen MR) is 126 cm³/mol. The minimum atomic E-state index is -3.65. The van der Waals surface area contributed by atoms with Crippen molar-refractivity contribution in [1.82, 2.24) is 9.21 Å². The van der Waals surface area contributed by atoms with Gasteiger partial charge in [0.1, 0.15) is 12.4 Å². The number of nitrogens with zero attached hydrogens (tertiary/aromatic N) is 2. The first-order valence-electron chi connectivity index (χ1n) is 10.6. The summed E-state index contributed by atoms with van der Waals surface area (Å²) in [6, 6.07) is 16.3. The highest BCUT2D eigenvalue weighted by molar-refractivity contribution is 7.89. The maximum atomic E-state index is 13.7. The van der Waals surface area contributed by atoms with Crippen molar-refractivity contribution in [3.05, 3.63) is 94.8 Å². The van der Waals surface area contributed by atoms with Gasteiger partial charge in [-0.2, -0.15) is 0 Å². The minimum absolute atomic E-state index is 0.0544. The first-order valence-corrected chi connectivity index (χ1v) is 12.0. The number of carbonyl (C=O) groups is 2. The molecule has 0 spiro atoms. The number of halogens is 1. The Balaban J connectivity index is 1.81. The first kappa shape index (κ1) is 23.6. The van der Waals surface area contributed by atoms with Gasteiger partial charge in [0.15, 0.2) is 0 Å². The lowest BCUT2D eigenvalue weighted by atomic mass is 9.94. The molecule has 0 aliphatic carbocycles. The van der Waals surface area contributed by atoms with Gasteiger partial charge in [-0.25, -0.2) is 17.1 Å². The molecule has 0 radical (unpaired) electrons. The molecule has 2 amide bonds. The largest absolute Gasteiger partial charge is 0.324 e. The van der Waals surface area contributed by atoms with Crippen molar-refractivity contribution in [2.24, 2.45) is 0 Å². The lowest BCUT2D eigenvalue weighted by Crippen LogP contribution is -2.39. The molecule has 1 heterocycles. The fourth-order valence-corrected chi connectivity index (χ4v) is 4.87. The Hall–Kier alpha value is -3.56. The highest BCUT2D eigenvalue weighted by Crippen LogP contribution is 2.37. The molecule has 1 atom stereocenters. The van der Waals surface area contributed by atoms with E-state index in [1.165, 1.54) is 55.4 Å². The summed E-state index contributed by atoms with van der Waals surface area (Å²) in [5.41, 5.74) is 3.09. The first-order chi connectivity index (χ1) is 16.1. The summed E-state index contributed by atoms with van der Waals surface area (Å²) >= 11 is 0. The quantitative estimate of drug-likeness (QED) is 0.617. The number of amides is 2. The van der Waals surface area contributed by atoms with Gasteiger partial charge in [-0.1, -0.05) is 29.8 Å². The molecule has 3 aromatic carbocycles. The fraction of sp³-hybridized carbons (Fsp3) is 0.200. The van der Waals surface area contributed by atoms with E-state index in [2.05, 4.69) is 5.32 Å². The van der Waals surface area contributed by atoms with E-state index >= 15 is 0 Å². The number of benzene rings is 3. The molecule has 0 fully saturated rings. The van der Waals surface area contributed by atoms with Crippen LogP contribution in [0, 0.1) is 12.7 Å². The normalized spacial score (nSPS) is 16.1. The molecular weight excluding hydrogens is 457 g/mol. The van der Waals surface area contributed by atoms with Gasteiger partial charge in [0.05, 0.1) is 10.9 Å². The van der Waals surface area contributed by atoms with Gasteiger partial charge in [0.2, 0.25) is 15.9 Å². The van der Waals surface area contributed by atoms with E-state index in [0.29, 0.717) is 16.8 Å². The van der Waals surface area contributed by atoms with E-state index < -0.39 is 27.8 Å². The molecule has 9 heteroatoms. The zero-order valence-corrected chi connectivity index (χ0v) is 19.8. The van der Waals surface area contributed by atoms with Crippen LogP contribution in [0.5, 0.6) is 0 Å². The van der Waals surface area contributed by atoms with Crippen molar-refractivity contribution in [3.63, 3.8) is 0 Å². The second-order valence-corrected chi connectivity index (χ2v) is 10.5. The van der Waals surface area contributed by atoms with Crippen LogP contribution >= 0.6 is 0 Å².